The smallest absolute Gasteiger partial charge is 0.255 e. The molecule has 2 aliphatic heterocycles. The number of nitrogens with two attached hydrogens (primary N) is 1. The Morgan fingerprint density at radius 1 is 1.13 bits per heavy atom. The third kappa shape index (κ3) is 3.49. The Bertz CT molecular complexity index is 1080. The van der Waals surface area contributed by atoms with Crippen LogP contribution in [-0.4, -0.2) is 28.7 Å². The number of hydrogen-bond acceptors (Lipinski definition) is 5. The summed E-state index contributed by atoms with van der Waals surface area (Å²) in [5.74, 6) is -0.815. The van der Waals surface area contributed by atoms with Crippen LogP contribution in [0.1, 0.15) is 59.2 Å². The van der Waals surface area contributed by atoms with Crippen molar-refractivity contribution in [3.8, 4) is 0 Å². The summed E-state index contributed by atoms with van der Waals surface area (Å²) in [6.07, 6.45) is 3.80. The molecule has 1 saturated carbocycles. The first-order valence-corrected chi connectivity index (χ1v) is 10.8. The minimum Gasteiger partial charge on any atom is -0.381 e. The largest absolute Gasteiger partial charge is 0.381 e. The summed E-state index contributed by atoms with van der Waals surface area (Å²) in [6.45, 7) is 0.887. The zero-order valence-corrected chi connectivity index (χ0v) is 17.3. The molecular formula is C24H26N4O3. The molecule has 5 rings (SSSR count). The number of carbonyl (C=O) groups is 3. The second-order valence-corrected chi connectivity index (χ2v) is 8.80. The standard InChI is InChI=1S/C24H26N4O3/c25-24(10-3-11-24)17-6-2-7-18(12-17)26-13-15-4-1-5-16-14-28(23(31)21(15)16)19-8-9-20(29)27-22(19)30/h1-2,4-7,12,19,26H,3,8-11,13-14,25H2,(H,27,29,30). The Labute approximate surface area is 181 Å². The lowest BCUT2D eigenvalue weighted by Crippen LogP contribution is -2.52. The van der Waals surface area contributed by atoms with Gasteiger partial charge in [0.2, 0.25) is 11.8 Å². The van der Waals surface area contributed by atoms with Gasteiger partial charge in [-0.05, 0) is 54.5 Å². The van der Waals surface area contributed by atoms with E-state index in [1.165, 1.54) is 0 Å². The van der Waals surface area contributed by atoms with Crippen LogP contribution >= 0.6 is 0 Å². The number of rotatable bonds is 5. The molecular weight excluding hydrogens is 392 g/mol. The molecule has 1 saturated heterocycles. The van der Waals surface area contributed by atoms with Crippen LogP contribution in [0.15, 0.2) is 42.5 Å². The van der Waals surface area contributed by atoms with Gasteiger partial charge in [0.1, 0.15) is 6.04 Å². The number of piperidine rings is 1. The Morgan fingerprint density at radius 3 is 2.68 bits per heavy atom. The molecule has 3 amide bonds. The zero-order chi connectivity index (χ0) is 21.6. The van der Waals surface area contributed by atoms with Crippen LogP contribution < -0.4 is 16.4 Å². The van der Waals surface area contributed by atoms with Crippen molar-refractivity contribution in [1.82, 2.24) is 10.2 Å². The molecule has 1 unspecified atom stereocenters. The van der Waals surface area contributed by atoms with Crippen LogP contribution in [0.5, 0.6) is 0 Å². The molecule has 7 nitrogen and oxygen atoms in total. The second-order valence-electron chi connectivity index (χ2n) is 8.80. The first kappa shape index (κ1) is 19.8. The average Bonchev–Trinajstić information content (AvgIpc) is 3.07. The van der Waals surface area contributed by atoms with Gasteiger partial charge in [-0.1, -0.05) is 30.3 Å². The van der Waals surface area contributed by atoms with Crippen molar-refractivity contribution in [3.63, 3.8) is 0 Å². The number of anilines is 1. The quantitative estimate of drug-likeness (QED) is 0.647. The number of hydrogen-bond donors (Lipinski definition) is 3. The van der Waals surface area contributed by atoms with Gasteiger partial charge >= 0.3 is 0 Å². The molecule has 2 heterocycles. The number of fused-ring (bicyclic) bond motifs is 1. The van der Waals surface area contributed by atoms with Crippen LogP contribution in [0.3, 0.4) is 0 Å². The lowest BCUT2D eigenvalue weighted by Gasteiger charge is -2.38. The van der Waals surface area contributed by atoms with E-state index >= 15 is 0 Å². The number of carbonyl (C=O) groups excluding carboxylic acids is 3. The first-order chi connectivity index (χ1) is 14.9. The highest BCUT2D eigenvalue weighted by atomic mass is 16.2. The molecule has 4 N–H and O–H groups in total. The number of nitrogens with zero attached hydrogens (tertiary/aromatic N) is 1. The molecule has 2 aromatic rings. The zero-order valence-electron chi connectivity index (χ0n) is 17.3. The van der Waals surface area contributed by atoms with E-state index in [2.05, 4.69) is 22.8 Å². The van der Waals surface area contributed by atoms with Gasteiger partial charge in [0.15, 0.2) is 0 Å². The maximum Gasteiger partial charge on any atom is 0.255 e. The van der Waals surface area contributed by atoms with Gasteiger partial charge in [0, 0.05) is 36.3 Å². The van der Waals surface area contributed by atoms with Crippen LogP contribution in [0.25, 0.3) is 0 Å². The van der Waals surface area contributed by atoms with Gasteiger partial charge in [0.05, 0.1) is 0 Å². The van der Waals surface area contributed by atoms with Crippen molar-refractivity contribution >= 4 is 23.4 Å². The molecule has 0 aromatic heterocycles. The summed E-state index contributed by atoms with van der Waals surface area (Å²) in [4.78, 5) is 38.5. The highest BCUT2D eigenvalue weighted by Gasteiger charge is 2.40. The van der Waals surface area contributed by atoms with Crippen LogP contribution in [0, 0.1) is 0 Å². The number of imide groups is 1. The Hall–Kier alpha value is -3.19. The average molecular weight is 418 g/mol. The lowest BCUT2D eigenvalue weighted by molar-refractivity contribution is -0.136. The Kier molecular flexibility index (Phi) is 4.78. The van der Waals surface area contributed by atoms with E-state index in [1.54, 1.807) is 4.90 Å². The second kappa shape index (κ2) is 7.50. The summed E-state index contributed by atoms with van der Waals surface area (Å²) in [7, 11) is 0. The van der Waals surface area contributed by atoms with Gasteiger partial charge in [-0.25, -0.2) is 0 Å². The number of nitrogens with one attached hydrogen (secondary N) is 2. The minimum atomic E-state index is -0.599. The van der Waals surface area contributed by atoms with E-state index in [4.69, 9.17) is 5.73 Å². The van der Waals surface area contributed by atoms with Gasteiger partial charge in [-0.15, -0.1) is 0 Å². The molecule has 0 spiro atoms. The van der Waals surface area contributed by atoms with Gasteiger partial charge in [-0.2, -0.15) is 0 Å². The fraction of sp³-hybridized carbons (Fsp3) is 0.375. The molecule has 1 atom stereocenters. The Balaban J connectivity index is 1.33. The maximum atomic E-state index is 13.2. The van der Waals surface area contributed by atoms with E-state index in [0.29, 0.717) is 25.1 Å². The highest BCUT2D eigenvalue weighted by Crippen LogP contribution is 2.39. The molecule has 2 aromatic carbocycles. The fourth-order valence-electron chi connectivity index (χ4n) is 4.82. The summed E-state index contributed by atoms with van der Waals surface area (Å²) in [6, 6.07) is 13.4. The third-order valence-electron chi connectivity index (χ3n) is 6.81. The van der Waals surface area contributed by atoms with E-state index in [-0.39, 0.29) is 29.7 Å². The molecule has 3 aliphatic rings. The topological polar surface area (TPSA) is 105 Å². The van der Waals surface area contributed by atoms with Crippen molar-refractivity contribution < 1.29 is 14.4 Å². The summed E-state index contributed by atoms with van der Waals surface area (Å²) < 4.78 is 0. The molecule has 0 radical (unpaired) electrons. The molecule has 1 aliphatic carbocycles. The first-order valence-electron chi connectivity index (χ1n) is 10.8. The summed E-state index contributed by atoms with van der Waals surface area (Å²) in [5.41, 5.74) is 10.8. The fourth-order valence-corrected chi connectivity index (χ4v) is 4.82. The van der Waals surface area contributed by atoms with E-state index in [9.17, 15) is 14.4 Å². The van der Waals surface area contributed by atoms with Gasteiger partial charge < -0.3 is 16.0 Å². The van der Waals surface area contributed by atoms with Crippen molar-refractivity contribution in [2.45, 2.75) is 56.8 Å². The van der Waals surface area contributed by atoms with Crippen molar-refractivity contribution in [2.75, 3.05) is 5.32 Å². The van der Waals surface area contributed by atoms with Crippen LogP contribution in [-0.2, 0) is 28.2 Å². The van der Waals surface area contributed by atoms with E-state index in [1.807, 2.05) is 30.3 Å². The van der Waals surface area contributed by atoms with E-state index in [0.717, 1.165) is 41.6 Å². The van der Waals surface area contributed by atoms with Crippen LogP contribution in [0.2, 0.25) is 0 Å². The highest BCUT2D eigenvalue weighted by molar-refractivity contribution is 6.06. The Morgan fingerprint density at radius 2 is 1.94 bits per heavy atom. The van der Waals surface area contributed by atoms with Crippen molar-refractivity contribution in [2.24, 2.45) is 5.73 Å². The molecule has 7 heteroatoms. The van der Waals surface area contributed by atoms with Crippen molar-refractivity contribution in [3.05, 3.63) is 64.7 Å². The maximum absolute atomic E-state index is 13.2. The van der Waals surface area contributed by atoms with E-state index < -0.39 is 6.04 Å². The third-order valence-corrected chi connectivity index (χ3v) is 6.81. The normalized spacial score (nSPS) is 22.0. The summed E-state index contributed by atoms with van der Waals surface area (Å²) >= 11 is 0. The predicted octanol–water partition coefficient (Wildman–Crippen LogP) is 2.40. The minimum absolute atomic E-state index is 0.147. The van der Waals surface area contributed by atoms with Crippen LogP contribution in [0.4, 0.5) is 5.69 Å². The lowest BCUT2D eigenvalue weighted by atomic mass is 9.73. The molecule has 2 fully saturated rings. The number of benzene rings is 2. The molecule has 160 valence electrons. The molecule has 31 heavy (non-hydrogen) atoms. The SMILES string of the molecule is NC1(c2cccc(NCc3cccc4c3C(=O)N(C3CCC(=O)NC3=O)C4)c2)CCC1. The van der Waals surface area contributed by atoms with Gasteiger partial charge in [0.25, 0.3) is 5.91 Å². The monoisotopic (exact) mass is 418 g/mol. The predicted molar refractivity (Wildman–Crippen MR) is 116 cm³/mol. The van der Waals surface area contributed by atoms with Gasteiger partial charge in [-0.3, -0.25) is 19.7 Å². The van der Waals surface area contributed by atoms with Crippen molar-refractivity contribution in [1.29, 1.82) is 0 Å². The summed E-state index contributed by atoms with van der Waals surface area (Å²) in [5, 5.41) is 5.78. The molecule has 0 bridgehead atoms. The number of amides is 3.